The smallest absolute Gasteiger partial charge is 0.315 e. The van der Waals surface area contributed by atoms with E-state index in [4.69, 9.17) is 0 Å². The molecule has 0 spiro atoms. The molecule has 0 atom stereocenters. The molecule has 15 heavy (non-hydrogen) atoms. The van der Waals surface area contributed by atoms with E-state index in [-0.39, 0.29) is 6.03 Å². The Hall–Kier alpha value is -1.58. The van der Waals surface area contributed by atoms with Gasteiger partial charge >= 0.3 is 6.03 Å². The zero-order valence-electron chi connectivity index (χ0n) is 8.57. The minimum atomic E-state index is -0.0616. The van der Waals surface area contributed by atoms with Gasteiger partial charge in [0.2, 0.25) is 0 Å². The van der Waals surface area contributed by atoms with Crippen molar-refractivity contribution in [3.05, 3.63) is 30.1 Å². The SMILES string of the molecule is O=C(NCCc1ccccn1)NC1CC1. The molecule has 0 aliphatic heterocycles. The average Bonchev–Trinajstić information content (AvgIpc) is 3.03. The number of hydrogen-bond donors (Lipinski definition) is 2. The third kappa shape index (κ3) is 3.58. The van der Waals surface area contributed by atoms with Crippen LogP contribution in [0.2, 0.25) is 0 Å². The number of hydrogen-bond acceptors (Lipinski definition) is 2. The fraction of sp³-hybridized carbons (Fsp3) is 0.455. The van der Waals surface area contributed by atoms with Crippen LogP contribution in [0.4, 0.5) is 4.79 Å². The quantitative estimate of drug-likeness (QED) is 0.773. The summed E-state index contributed by atoms with van der Waals surface area (Å²) in [5.41, 5.74) is 1.00. The summed E-state index contributed by atoms with van der Waals surface area (Å²) in [6.07, 6.45) is 4.78. The molecule has 1 aliphatic carbocycles. The third-order valence-electron chi connectivity index (χ3n) is 2.31. The van der Waals surface area contributed by atoms with Gasteiger partial charge in [0, 0.05) is 30.9 Å². The number of urea groups is 1. The molecule has 1 saturated carbocycles. The van der Waals surface area contributed by atoms with Crippen LogP contribution in [-0.2, 0) is 6.42 Å². The summed E-state index contributed by atoms with van der Waals surface area (Å²) < 4.78 is 0. The zero-order chi connectivity index (χ0) is 10.5. The van der Waals surface area contributed by atoms with Gasteiger partial charge < -0.3 is 10.6 Å². The van der Waals surface area contributed by atoms with Gasteiger partial charge in [-0.15, -0.1) is 0 Å². The second-order valence-electron chi connectivity index (χ2n) is 3.75. The van der Waals surface area contributed by atoms with Gasteiger partial charge in [0.1, 0.15) is 0 Å². The topological polar surface area (TPSA) is 54.0 Å². The Bertz CT molecular complexity index is 322. The Morgan fingerprint density at radius 3 is 3.00 bits per heavy atom. The Morgan fingerprint density at radius 1 is 1.47 bits per heavy atom. The standard InChI is InChI=1S/C11H15N3O/c15-11(14-10-4-5-10)13-8-6-9-3-1-2-7-12-9/h1-3,7,10H,4-6,8H2,(H2,13,14,15). The molecule has 1 aromatic heterocycles. The van der Waals surface area contributed by atoms with E-state index in [2.05, 4.69) is 15.6 Å². The van der Waals surface area contributed by atoms with Gasteiger partial charge in [0.25, 0.3) is 0 Å². The second-order valence-corrected chi connectivity index (χ2v) is 3.75. The van der Waals surface area contributed by atoms with E-state index in [0.29, 0.717) is 12.6 Å². The van der Waals surface area contributed by atoms with Gasteiger partial charge in [-0.1, -0.05) is 6.07 Å². The number of rotatable bonds is 4. The molecule has 1 aliphatic rings. The largest absolute Gasteiger partial charge is 0.338 e. The van der Waals surface area contributed by atoms with E-state index in [1.807, 2.05) is 18.2 Å². The average molecular weight is 205 g/mol. The fourth-order valence-corrected chi connectivity index (χ4v) is 1.31. The van der Waals surface area contributed by atoms with Crippen molar-refractivity contribution in [2.24, 2.45) is 0 Å². The van der Waals surface area contributed by atoms with Gasteiger partial charge in [0.15, 0.2) is 0 Å². The number of nitrogens with one attached hydrogen (secondary N) is 2. The molecule has 0 unspecified atom stereocenters. The molecule has 4 heteroatoms. The lowest BCUT2D eigenvalue weighted by atomic mass is 10.3. The van der Waals surface area contributed by atoms with E-state index in [1.54, 1.807) is 6.20 Å². The van der Waals surface area contributed by atoms with Crippen LogP contribution in [0, 0.1) is 0 Å². The van der Waals surface area contributed by atoms with Gasteiger partial charge in [0.05, 0.1) is 0 Å². The Morgan fingerprint density at radius 2 is 2.33 bits per heavy atom. The van der Waals surface area contributed by atoms with Crippen LogP contribution in [0.1, 0.15) is 18.5 Å². The summed E-state index contributed by atoms with van der Waals surface area (Å²) in [4.78, 5) is 15.4. The van der Waals surface area contributed by atoms with Crippen molar-refractivity contribution < 1.29 is 4.79 Å². The number of carbonyl (C=O) groups is 1. The fourth-order valence-electron chi connectivity index (χ4n) is 1.31. The summed E-state index contributed by atoms with van der Waals surface area (Å²) in [5, 5.41) is 5.68. The predicted octanol–water partition coefficient (Wildman–Crippen LogP) is 1.09. The van der Waals surface area contributed by atoms with E-state index < -0.39 is 0 Å². The Labute approximate surface area is 89.1 Å². The number of amides is 2. The van der Waals surface area contributed by atoms with Crippen molar-refractivity contribution in [2.75, 3.05) is 6.54 Å². The molecule has 1 fully saturated rings. The molecule has 2 amide bonds. The van der Waals surface area contributed by atoms with Crippen molar-refractivity contribution in [1.82, 2.24) is 15.6 Å². The summed E-state index contributed by atoms with van der Waals surface area (Å²) >= 11 is 0. The predicted molar refractivity (Wildman–Crippen MR) is 57.5 cm³/mol. The Balaban J connectivity index is 1.63. The monoisotopic (exact) mass is 205 g/mol. The third-order valence-corrected chi connectivity index (χ3v) is 2.31. The molecule has 0 radical (unpaired) electrons. The summed E-state index contributed by atoms with van der Waals surface area (Å²) in [7, 11) is 0. The van der Waals surface area contributed by atoms with Crippen molar-refractivity contribution >= 4 is 6.03 Å². The van der Waals surface area contributed by atoms with Gasteiger partial charge in [-0.2, -0.15) is 0 Å². The number of carbonyl (C=O) groups excluding carboxylic acids is 1. The molecule has 2 N–H and O–H groups in total. The first-order valence-corrected chi connectivity index (χ1v) is 5.29. The molecule has 1 aromatic rings. The highest BCUT2D eigenvalue weighted by Gasteiger charge is 2.22. The van der Waals surface area contributed by atoms with Crippen LogP contribution in [0.15, 0.2) is 24.4 Å². The molecule has 0 saturated heterocycles. The van der Waals surface area contributed by atoms with Crippen LogP contribution in [0.25, 0.3) is 0 Å². The van der Waals surface area contributed by atoms with Crippen molar-refractivity contribution in [3.8, 4) is 0 Å². The minimum Gasteiger partial charge on any atom is -0.338 e. The first-order chi connectivity index (χ1) is 7.34. The molecule has 0 bridgehead atoms. The lowest BCUT2D eigenvalue weighted by Gasteiger charge is -2.05. The van der Waals surface area contributed by atoms with Crippen LogP contribution < -0.4 is 10.6 Å². The highest BCUT2D eigenvalue weighted by atomic mass is 16.2. The summed E-state index contributed by atoms with van der Waals surface area (Å²) in [6, 6.07) is 6.15. The van der Waals surface area contributed by atoms with Gasteiger partial charge in [-0.25, -0.2) is 4.79 Å². The van der Waals surface area contributed by atoms with Crippen LogP contribution in [-0.4, -0.2) is 23.6 Å². The minimum absolute atomic E-state index is 0.0616. The molecule has 4 nitrogen and oxygen atoms in total. The molecule has 0 aromatic carbocycles. The normalized spacial score (nSPS) is 14.7. The van der Waals surface area contributed by atoms with E-state index in [9.17, 15) is 4.79 Å². The van der Waals surface area contributed by atoms with E-state index >= 15 is 0 Å². The van der Waals surface area contributed by atoms with Gasteiger partial charge in [-0.3, -0.25) is 4.98 Å². The molecular formula is C11H15N3O. The van der Waals surface area contributed by atoms with Crippen molar-refractivity contribution in [3.63, 3.8) is 0 Å². The number of nitrogens with zero attached hydrogens (tertiary/aromatic N) is 1. The van der Waals surface area contributed by atoms with E-state index in [1.165, 1.54) is 0 Å². The maximum absolute atomic E-state index is 11.2. The summed E-state index contributed by atoms with van der Waals surface area (Å²) in [6.45, 7) is 0.634. The van der Waals surface area contributed by atoms with E-state index in [0.717, 1.165) is 25.0 Å². The van der Waals surface area contributed by atoms with Gasteiger partial charge in [-0.05, 0) is 25.0 Å². The lowest BCUT2D eigenvalue weighted by molar-refractivity contribution is 0.240. The number of aromatic nitrogens is 1. The first kappa shape index (κ1) is 9.96. The van der Waals surface area contributed by atoms with Crippen molar-refractivity contribution in [2.45, 2.75) is 25.3 Å². The Kier molecular flexibility index (Phi) is 3.17. The van der Waals surface area contributed by atoms with Crippen LogP contribution in [0.5, 0.6) is 0 Å². The van der Waals surface area contributed by atoms with Crippen LogP contribution in [0.3, 0.4) is 0 Å². The summed E-state index contributed by atoms with van der Waals surface area (Å²) in [5.74, 6) is 0. The maximum atomic E-state index is 11.2. The highest BCUT2D eigenvalue weighted by molar-refractivity contribution is 5.74. The number of pyridine rings is 1. The zero-order valence-corrected chi connectivity index (χ0v) is 8.57. The second kappa shape index (κ2) is 4.77. The molecule has 2 rings (SSSR count). The first-order valence-electron chi connectivity index (χ1n) is 5.29. The molecule has 80 valence electrons. The lowest BCUT2D eigenvalue weighted by Crippen LogP contribution is -2.37. The van der Waals surface area contributed by atoms with Crippen LogP contribution >= 0.6 is 0 Å². The highest BCUT2D eigenvalue weighted by Crippen LogP contribution is 2.18. The van der Waals surface area contributed by atoms with Crippen molar-refractivity contribution in [1.29, 1.82) is 0 Å². The molecule has 1 heterocycles. The maximum Gasteiger partial charge on any atom is 0.315 e. The molecular weight excluding hydrogens is 190 g/mol.